The first-order valence-electron chi connectivity index (χ1n) is 17.8. The van der Waals surface area contributed by atoms with Gasteiger partial charge in [0.15, 0.2) is 5.75 Å². The summed E-state index contributed by atoms with van der Waals surface area (Å²) in [6.45, 7) is 5.29. The molecule has 0 radical (unpaired) electrons. The molecular weight excluding hydrogens is 740 g/mol. The minimum Gasteiger partial charge on any atom is -0.508 e. The van der Waals surface area contributed by atoms with Crippen LogP contribution < -0.4 is 15.0 Å². The normalized spacial score (nSPS) is 17.9. The van der Waals surface area contributed by atoms with Gasteiger partial charge in [-0.05, 0) is 110 Å². The summed E-state index contributed by atoms with van der Waals surface area (Å²) in [7, 11) is 0. The molecule has 1 atom stereocenters. The van der Waals surface area contributed by atoms with Crippen molar-refractivity contribution in [1.29, 1.82) is 0 Å². The Balaban J connectivity index is 0.811. The maximum absolute atomic E-state index is 13.1. The summed E-state index contributed by atoms with van der Waals surface area (Å²) in [5.74, 6) is 1.05. The Morgan fingerprint density at radius 3 is 2.44 bits per heavy atom. The molecule has 0 spiro atoms. The van der Waals surface area contributed by atoms with E-state index in [0.717, 1.165) is 99.7 Å². The van der Waals surface area contributed by atoms with Crippen LogP contribution in [0.2, 0.25) is 0 Å². The molecule has 3 amide bonds. The highest BCUT2D eigenvalue weighted by atomic mass is 79.9. The summed E-state index contributed by atoms with van der Waals surface area (Å²) in [5, 5.41) is 13.4. The van der Waals surface area contributed by atoms with Gasteiger partial charge in [0.25, 0.3) is 5.91 Å². The zero-order valence-corrected chi connectivity index (χ0v) is 31.0. The third-order valence-corrected chi connectivity index (χ3v) is 12.0. The molecule has 0 aliphatic carbocycles. The van der Waals surface area contributed by atoms with Gasteiger partial charge in [-0.25, -0.2) is 0 Å². The van der Waals surface area contributed by atoms with Crippen LogP contribution in [0.5, 0.6) is 17.2 Å². The van der Waals surface area contributed by atoms with E-state index in [9.17, 15) is 19.5 Å². The lowest BCUT2D eigenvalue weighted by atomic mass is 10.0. The van der Waals surface area contributed by atoms with Gasteiger partial charge in [-0.15, -0.1) is 11.3 Å². The number of aromatic hydroxyl groups is 1. The monoisotopic (exact) mass is 778 g/mol. The number of hydrogen-bond donors (Lipinski definition) is 2. The first-order chi connectivity index (χ1) is 25.3. The number of hydrogen-bond acceptors (Lipinski definition) is 8. The summed E-state index contributed by atoms with van der Waals surface area (Å²) in [6.07, 6.45) is 3.87. The van der Waals surface area contributed by atoms with Crippen molar-refractivity contribution in [2.24, 2.45) is 0 Å². The molecule has 11 heteroatoms. The van der Waals surface area contributed by atoms with E-state index in [1.54, 1.807) is 28.4 Å². The number of aryl methyl sites for hydroxylation is 1. The number of benzene rings is 4. The third kappa shape index (κ3) is 7.17. The number of phenols is 1. The van der Waals surface area contributed by atoms with Crippen LogP contribution in [0.1, 0.15) is 47.2 Å². The first-order valence-corrected chi connectivity index (χ1v) is 19.4. The molecule has 266 valence electrons. The number of imide groups is 1. The van der Waals surface area contributed by atoms with Crippen LogP contribution in [-0.2, 0) is 22.6 Å². The van der Waals surface area contributed by atoms with E-state index in [2.05, 4.69) is 61.4 Å². The topological polar surface area (TPSA) is 102 Å². The summed E-state index contributed by atoms with van der Waals surface area (Å²) >= 11 is 5.14. The van der Waals surface area contributed by atoms with E-state index in [-0.39, 0.29) is 29.9 Å². The molecule has 0 saturated carbocycles. The highest BCUT2D eigenvalue weighted by molar-refractivity contribution is 9.10. The number of piperazine rings is 1. The Kier molecular flexibility index (Phi) is 9.74. The smallest absolute Gasteiger partial charge is 0.255 e. The number of phenolic OH excluding ortho intramolecular Hbond substituents is 1. The zero-order chi connectivity index (χ0) is 35.8. The second kappa shape index (κ2) is 14.7. The number of unbranched alkanes of at least 4 members (excludes halogenated alkanes) is 1. The third-order valence-electron chi connectivity index (χ3n) is 10.3. The number of nitrogens with zero attached hydrogens (tertiary/aromatic N) is 3. The maximum Gasteiger partial charge on any atom is 0.255 e. The van der Waals surface area contributed by atoms with Crippen molar-refractivity contribution < 1.29 is 24.2 Å². The Bertz CT molecular complexity index is 2140. The molecule has 5 aromatic rings. The molecule has 3 aliphatic heterocycles. The van der Waals surface area contributed by atoms with Crippen LogP contribution in [0.3, 0.4) is 0 Å². The van der Waals surface area contributed by atoms with E-state index in [4.69, 9.17) is 4.74 Å². The fourth-order valence-corrected chi connectivity index (χ4v) is 8.88. The lowest BCUT2D eigenvalue weighted by Crippen LogP contribution is -2.52. The summed E-state index contributed by atoms with van der Waals surface area (Å²) in [6, 6.07) is 27.4. The van der Waals surface area contributed by atoms with Gasteiger partial charge in [-0.3, -0.25) is 24.6 Å². The fraction of sp³-hybridized carbons (Fsp3) is 0.293. The largest absolute Gasteiger partial charge is 0.508 e. The number of carbonyl (C=O) groups excluding carboxylic acids is 3. The number of carbonyl (C=O) groups is 3. The number of thiophene rings is 1. The quantitative estimate of drug-likeness (QED) is 0.111. The highest BCUT2D eigenvalue weighted by Crippen LogP contribution is 2.47. The van der Waals surface area contributed by atoms with Gasteiger partial charge >= 0.3 is 0 Å². The molecular formula is C41H39BrN4O5S. The predicted molar refractivity (Wildman–Crippen MR) is 207 cm³/mol. The fourth-order valence-electron chi connectivity index (χ4n) is 7.45. The van der Waals surface area contributed by atoms with Crippen LogP contribution in [0.15, 0.2) is 89.4 Å². The molecule has 52 heavy (non-hydrogen) atoms. The van der Waals surface area contributed by atoms with E-state index >= 15 is 0 Å². The van der Waals surface area contributed by atoms with E-state index in [1.807, 2.05) is 42.5 Å². The van der Waals surface area contributed by atoms with Crippen molar-refractivity contribution >= 4 is 60.8 Å². The van der Waals surface area contributed by atoms with Crippen LogP contribution in [0, 0.1) is 0 Å². The highest BCUT2D eigenvalue weighted by Gasteiger charge is 2.39. The van der Waals surface area contributed by atoms with Crippen molar-refractivity contribution in [1.82, 2.24) is 15.1 Å². The average Bonchev–Trinajstić information content (AvgIpc) is 3.67. The van der Waals surface area contributed by atoms with Crippen LogP contribution in [-0.4, -0.2) is 71.4 Å². The second-order valence-electron chi connectivity index (χ2n) is 13.7. The van der Waals surface area contributed by atoms with Crippen molar-refractivity contribution in [2.45, 2.75) is 44.7 Å². The molecule has 0 bridgehead atoms. The summed E-state index contributed by atoms with van der Waals surface area (Å²) in [4.78, 5) is 44.6. The van der Waals surface area contributed by atoms with Crippen LogP contribution in [0.25, 0.3) is 20.5 Å². The number of piperidine rings is 1. The number of anilines is 1. The number of ether oxygens (including phenoxy) is 1. The molecule has 2 fully saturated rings. The van der Waals surface area contributed by atoms with Crippen molar-refractivity contribution in [3.05, 3.63) is 106 Å². The number of nitrogens with one attached hydrogen (secondary N) is 1. The molecule has 3 aliphatic rings. The molecule has 2 saturated heterocycles. The summed E-state index contributed by atoms with van der Waals surface area (Å²) < 4.78 is 8.51. The molecule has 9 nitrogen and oxygen atoms in total. The Morgan fingerprint density at radius 2 is 1.67 bits per heavy atom. The van der Waals surface area contributed by atoms with Gasteiger partial charge in [0.05, 0.1) is 4.88 Å². The van der Waals surface area contributed by atoms with Crippen molar-refractivity contribution in [3.63, 3.8) is 0 Å². The van der Waals surface area contributed by atoms with Gasteiger partial charge in [0, 0.05) is 65.0 Å². The van der Waals surface area contributed by atoms with Gasteiger partial charge < -0.3 is 19.6 Å². The molecule has 1 unspecified atom stereocenters. The first kappa shape index (κ1) is 34.4. The lowest BCUT2D eigenvalue weighted by molar-refractivity contribution is -0.136. The minimum absolute atomic E-state index is 0.133. The molecule has 8 rings (SSSR count). The molecule has 2 N–H and O–H groups in total. The SMILES string of the molecule is O=C1CCC(N2Cc3cc(N4CCN(CCCCc5ccc(Oc6c(-c7ccc(Br)cc7)sc7cc(O)ccc67)cc5)CC4)ccc3C2=O)C(=O)N1. The number of halogens is 1. The number of fused-ring (bicyclic) bond motifs is 2. The van der Waals surface area contributed by atoms with Gasteiger partial charge in [-0.2, -0.15) is 0 Å². The Hall–Kier alpha value is -4.71. The Morgan fingerprint density at radius 1 is 0.885 bits per heavy atom. The number of amides is 3. The Labute approximate surface area is 314 Å². The van der Waals surface area contributed by atoms with Crippen molar-refractivity contribution in [2.75, 3.05) is 37.6 Å². The zero-order valence-electron chi connectivity index (χ0n) is 28.6. The lowest BCUT2D eigenvalue weighted by Gasteiger charge is -2.36. The minimum atomic E-state index is -0.593. The summed E-state index contributed by atoms with van der Waals surface area (Å²) in [5.41, 5.74) is 5.06. The molecule has 4 heterocycles. The van der Waals surface area contributed by atoms with Gasteiger partial charge in [0.2, 0.25) is 11.8 Å². The van der Waals surface area contributed by atoms with Crippen molar-refractivity contribution in [3.8, 4) is 27.7 Å². The molecule has 4 aromatic carbocycles. The van der Waals surface area contributed by atoms with E-state index in [0.29, 0.717) is 18.5 Å². The molecule has 1 aromatic heterocycles. The van der Waals surface area contributed by atoms with Crippen LogP contribution >= 0.6 is 27.3 Å². The van der Waals surface area contributed by atoms with E-state index < -0.39 is 6.04 Å². The van der Waals surface area contributed by atoms with Gasteiger partial charge in [-0.1, -0.05) is 40.2 Å². The average molecular weight is 780 g/mol. The van der Waals surface area contributed by atoms with E-state index in [1.165, 1.54) is 5.56 Å². The number of rotatable bonds is 10. The van der Waals surface area contributed by atoms with Crippen LogP contribution in [0.4, 0.5) is 5.69 Å². The van der Waals surface area contributed by atoms with Gasteiger partial charge in [0.1, 0.15) is 17.5 Å². The standard InChI is InChI=1S/C41H39BrN4O5S/c42-29-8-6-27(7-9-29)39-38(34-15-11-31(47)24-36(34)52-39)51-32-12-4-26(5-13-32)3-1-2-18-44-19-21-45(22-20-44)30-10-14-33-28(23-30)25-46(41(33)50)35-16-17-37(48)43-40(35)49/h4-15,23-24,35,47H,1-3,16-22,25H2,(H,43,48,49). The predicted octanol–water partition coefficient (Wildman–Crippen LogP) is 7.73. The maximum atomic E-state index is 13.1. The second-order valence-corrected chi connectivity index (χ2v) is 15.7.